The highest BCUT2D eigenvalue weighted by atomic mass is 32.2. The van der Waals surface area contributed by atoms with E-state index in [1.165, 1.54) is 21.8 Å². The molecule has 0 fully saturated rings. The molecule has 0 aliphatic rings. The Morgan fingerprint density at radius 1 is 0.952 bits per heavy atom. The van der Waals surface area contributed by atoms with Gasteiger partial charge in [0.15, 0.2) is 0 Å². The Kier molecular flexibility index (Phi) is 6.36. The fraction of sp³-hybridized carbons (Fsp3) is 0.200. The number of nitrogens with one attached hydrogen (secondary N) is 1. The number of rotatable bonds is 0. The fourth-order valence-corrected chi connectivity index (χ4v) is 1.80. The predicted molar refractivity (Wildman–Crippen MR) is 86.0 cm³/mol. The molecule has 3 rings (SSSR count). The molecule has 0 amide bonds. The summed E-state index contributed by atoms with van der Waals surface area (Å²) in [5, 5.41) is 10.2. The summed E-state index contributed by atoms with van der Waals surface area (Å²) in [6, 6.07) is 16.8. The minimum absolute atomic E-state index is 0.250. The van der Waals surface area contributed by atoms with Gasteiger partial charge in [0.25, 0.3) is 10.1 Å². The predicted octanol–water partition coefficient (Wildman–Crippen LogP) is 2.82. The van der Waals surface area contributed by atoms with E-state index in [1.807, 2.05) is 0 Å². The average molecular weight is 309 g/mol. The maximum Gasteiger partial charge on any atom is 0.261 e. The van der Waals surface area contributed by atoms with Gasteiger partial charge in [0.2, 0.25) is 0 Å². The lowest BCUT2D eigenvalue weighted by Gasteiger charge is -1.87. The van der Waals surface area contributed by atoms with Gasteiger partial charge in [-0.15, -0.1) is 0 Å². The first-order chi connectivity index (χ1) is 9.86. The molecule has 114 valence electrons. The molecule has 0 saturated carbocycles. The van der Waals surface area contributed by atoms with Crippen molar-refractivity contribution in [2.24, 2.45) is 0 Å². The third-order valence-corrected chi connectivity index (χ3v) is 2.41. The number of fused-ring (bicyclic) bond motifs is 3. The second-order valence-electron chi connectivity index (χ2n) is 4.27. The van der Waals surface area contributed by atoms with Gasteiger partial charge < -0.3 is 10.1 Å². The minimum Gasteiger partial charge on any atom is -0.397 e. The lowest BCUT2D eigenvalue weighted by atomic mass is 10.2. The number of aliphatic hydroxyl groups is 1. The van der Waals surface area contributed by atoms with Crippen molar-refractivity contribution in [3.63, 3.8) is 0 Å². The van der Waals surface area contributed by atoms with E-state index in [9.17, 15) is 8.42 Å². The highest BCUT2D eigenvalue weighted by Gasteiger charge is 2.00. The largest absolute Gasteiger partial charge is 0.397 e. The van der Waals surface area contributed by atoms with Crippen LogP contribution in [-0.4, -0.2) is 35.9 Å². The van der Waals surface area contributed by atoms with E-state index in [-0.39, 0.29) is 6.61 Å². The number of hydrogen-bond acceptors (Lipinski definition) is 3. The summed E-state index contributed by atoms with van der Waals surface area (Å²) in [7, 11) is -3.67. The number of aromatic amines is 1. The molecular formula is C15H19NO4S. The molecule has 0 unspecified atom stereocenters. The van der Waals surface area contributed by atoms with Crippen molar-refractivity contribution in [1.29, 1.82) is 0 Å². The third-order valence-electron chi connectivity index (χ3n) is 2.41. The van der Waals surface area contributed by atoms with Crippen LogP contribution in [0.4, 0.5) is 0 Å². The summed E-state index contributed by atoms with van der Waals surface area (Å²) in [5.74, 6) is 0. The van der Waals surface area contributed by atoms with Gasteiger partial charge in [-0.25, -0.2) is 0 Å². The van der Waals surface area contributed by atoms with Gasteiger partial charge in [-0.2, -0.15) is 8.42 Å². The average Bonchev–Trinajstić information content (AvgIpc) is 2.76. The van der Waals surface area contributed by atoms with Crippen molar-refractivity contribution < 1.29 is 18.1 Å². The number of aromatic nitrogens is 1. The van der Waals surface area contributed by atoms with Crippen molar-refractivity contribution in [2.45, 2.75) is 6.92 Å². The molecule has 1 heterocycles. The second-order valence-corrected chi connectivity index (χ2v) is 5.73. The Hall–Kier alpha value is -1.89. The Labute approximate surface area is 124 Å². The van der Waals surface area contributed by atoms with Crippen LogP contribution in [0.1, 0.15) is 6.92 Å². The van der Waals surface area contributed by atoms with Gasteiger partial charge in [0.05, 0.1) is 6.26 Å². The van der Waals surface area contributed by atoms with Gasteiger partial charge in [-0.1, -0.05) is 36.4 Å². The van der Waals surface area contributed by atoms with Crippen molar-refractivity contribution >= 4 is 31.9 Å². The molecule has 5 nitrogen and oxygen atoms in total. The first kappa shape index (κ1) is 17.2. The van der Waals surface area contributed by atoms with E-state index in [0.29, 0.717) is 6.26 Å². The highest BCUT2D eigenvalue weighted by molar-refractivity contribution is 7.85. The molecule has 0 bridgehead atoms. The second kappa shape index (κ2) is 7.78. The molecule has 0 spiro atoms. The number of benzene rings is 2. The number of aliphatic hydroxyl groups excluding tert-OH is 1. The zero-order chi connectivity index (χ0) is 15.9. The summed E-state index contributed by atoms with van der Waals surface area (Å²) in [4.78, 5) is 3.38. The normalized spacial score (nSPS) is 10.5. The summed E-state index contributed by atoms with van der Waals surface area (Å²) in [6.45, 7) is 1.93. The summed E-state index contributed by atoms with van der Waals surface area (Å²) < 4.78 is 25.9. The Balaban J connectivity index is 0.000000235. The Morgan fingerprint density at radius 3 is 1.57 bits per heavy atom. The van der Waals surface area contributed by atoms with Crippen molar-refractivity contribution in [3.8, 4) is 0 Å². The van der Waals surface area contributed by atoms with E-state index in [1.54, 1.807) is 6.92 Å². The number of hydrogen-bond donors (Lipinski definition) is 3. The molecule has 2 aromatic carbocycles. The van der Waals surface area contributed by atoms with Crippen LogP contribution in [-0.2, 0) is 10.1 Å². The van der Waals surface area contributed by atoms with Gasteiger partial charge in [0, 0.05) is 28.4 Å². The fourth-order valence-electron chi connectivity index (χ4n) is 1.80. The van der Waals surface area contributed by atoms with Crippen LogP contribution in [0.2, 0.25) is 0 Å². The first-order valence-electron chi connectivity index (χ1n) is 6.35. The molecule has 21 heavy (non-hydrogen) atoms. The van der Waals surface area contributed by atoms with Crippen molar-refractivity contribution in [1.82, 2.24) is 4.98 Å². The van der Waals surface area contributed by atoms with E-state index >= 15 is 0 Å². The lowest BCUT2D eigenvalue weighted by molar-refractivity contribution is 0.318. The van der Waals surface area contributed by atoms with E-state index in [4.69, 9.17) is 9.66 Å². The summed E-state index contributed by atoms with van der Waals surface area (Å²) in [5.41, 5.74) is 2.42. The quantitative estimate of drug-likeness (QED) is 0.557. The topological polar surface area (TPSA) is 90.4 Å². The van der Waals surface area contributed by atoms with Crippen LogP contribution in [0.5, 0.6) is 0 Å². The van der Waals surface area contributed by atoms with Crippen LogP contribution in [0.25, 0.3) is 21.8 Å². The lowest BCUT2D eigenvalue weighted by Crippen LogP contribution is -1.88. The monoisotopic (exact) mass is 309 g/mol. The van der Waals surface area contributed by atoms with Crippen LogP contribution in [0.3, 0.4) is 0 Å². The van der Waals surface area contributed by atoms with Crippen molar-refractivity contribution in [2.75, 3.05) is 12.9 Å². The molecule has 0 aliphatic carbocycles. The van der Waals surface area contributed by atoms with Crippen molar-refractivity contribution in [3.05, 3.63) is 48.5 Å². The zero-order valence-electron chi connectivity index (χ0n) is 11.9. The highest BCUT2D eigenvalue weighted by Crippen LogP contribution is 2.24. The number of H-pyrrole nitrogens is 1. The van der Waals surface area contributed by atoms with Gasteiger partial charge in [-0.05, 0) is 19.1 Å². The van der Waals surface area contributed by atoms with E-state index in [2.05, 4.69) is 53.5 Å². The molecule has 3 aromatic rings. The molecule has 0 aliphatic heterocycles. The maximum absolute atomic E-state index is 9.19. The molecule has 1 aromatic heterocycles. The molecule has 0 saturated heterocycles. The van der Waals surface area contributed by atoms with Gasteiger partial charge >= 0.3 is 0 Å². The zero-order valence-corrected chi connectivity index (χ0v) is 12.8. The van der Waals surface area contributed by atoms with Crippen LogP contribution in [0.15, 0.2) is 48.5 Å². The van der Waals surface area contributed by atoms with Crippen LogP contribution in [0, 0.1) is 0 Å². The molecule has 0 radical (unpaired) electrons. The van der Waals surface area contributed by atoms with Gasteiger partial charge in [-0.3, -0.25) is 4.55 Å². The molecular weight excluding hydrogens is 290 g/mol. The third kappa shape index (κ3) is 5.95. The van der Waals surface area contributed by atoms with Crippen LogP contribution < -0.4 is 0 Å². The minimum atomic E-state index is -3.67. The molecule has 3 N–H and O–H groups in total. The van der Waals surface area contributed by atoms with E-state index in [0.717, 1.165) is 0 Å². The summed E-state index contributed by atoms with van der Waals surface area (Å²) in [6.07, 6.45) is 0.715. The SMILES string of the molecule is CCO.CS(=O)(=O)O.c1ccc2c(c1)[nH]c1ccccc12. The summed E-state index contributed by atoms with van der Waals surface area (Å²) >= 11 is 0. The Morgan fingerprint density at radius 2 is 1.24 bits per heavy atom. The Bertz CT molecular complexity index is 735. The van der Waals surface area contributed by atoms with Crippen LogP contribution >= 0.6 is 0 Å². The van der Waals surface area contributed by atoms with Gasteiger partial charge in [0.1, 0.15) is 0 Å². The smallest absolute Gasteiger partial charge is 0.261 e. The molecule has 6 heteroatoms. The maximum atomic E-state index is 9.19. The molecule has 0 atom stereocenters. The number of para-hydroxylation sites is 2. The van der Waals surface area contributed by atoms with E-state index < -0.39 is 10.1 Å². The standard InChI is InChI=1S/C12H9N.C2H6O.CH4O3S/c1-3-7-11-9(5-1)10-6-2-4-8-12(10)13-11;1-2-3;1-5(2,3)4/h1-8,13H;3H,2H2,1H3;1H3,(H,2,3,4). The first-order valence-corrected chi connectivity index (χ1v) is 8.20.